The minimum absolute atomic E-state index is 0.0119. The van der Waals surface area contributed by atoms with Gasteiger partial charge in [0.1, 0.15) is 5.78 Å². The predicted molar refractivity (Wildman–Crippen MR) is 149 cm³/mol. The maximum Gasteiger partial charge on any atom is 0.220 e. The Morgan fingerprint density at radius 1 is 0.889 bits per heavy atom. The van der Waals surface area contributed by atoms with Crippen molar-refractivity contribution < 1.29 is 14.7 Å². The molecule has 0 bridgehead atoms. The smallest absolute Gasteiger partial charge is 0.220 e. The van der Waals surface area contributed by atoms with Gasteiger partial charge in [-0.05, 0) is 85.3 Å². The van der Waals surface area contributed by atoms with Crippen LogP contribution in [0.1, 0.15) is 101 Å². The molecule has 0 spiro atoms. The molecule has 2 rings (SSSR count). The molecule has 0 aliphatic rings. The normalized spacial score (nSPS) is 12.9. The van der Waals surface area contributed by atoms with Crippen molar-refractivity contribution >= 4 is 11.7 Å². The van der Waals surface area contributed by atoms with Crippen LogP contribution in [-0.2, 0) is 28.0 Å². The SMILES string of the molecule is CCC(CC)(c1ccc(CCC(O)C(C)(C)C)c(C)c1)c1ccc(CN(CC(C)=O)C(C)=O)c(C)c1. The molecule has 0 fully saturated rings. The maximum atomic E-state index is 12.1. The van der Waals surface area contributed by atoms with Crippen LogP contribution in [0.2, 0.25) is 0 Å². The van der Waals surface area contributed by atoms with E-state index in [1.807, 2.05) is 0 Å². The molecule has 1 unspecified atom stereocenters. The van der Waals surface area contributed by atoms with E-state index in [0.717, 1.165) is 36.8 Å². The summed E-state index contributed by atoms with van der Waals surface area (Å²) in [7, 11) is 0. The number of rotatable bonds is 11. The minimum atomic E-state index is -0.321. The number of hydrogen-bond acceptors (Lipinski definition) is 3. The second kappa shape index (κ2) is 12.2. The van der Waals surface area contributed by atoms with E-state index in [1.165, 1.54) is 36.1 Å². The molecule has 2 aromatic rings. The summed E-state index contributed by atoms with van der Waals surface area (Å²) in [6.45, 7) is 18.6. The van der Waals surface area contributed by atoms with Crippen LogP contribution in [0.5, 0.6) is 0 Å². The van der Waals surface area contributed by atoms with E-state index in [2.05, 4.69) is 84.9 Å². The van der Waals surface area contributed by atoms with E-state index < -0.39 is 0 Å². The van der Waals surface area contributed by atoms with Gasteiger partial charge in [0.05, 0.1) is 12.6 Å². The number of carbonyl (C=O) groups excluding carboxylic acids is 2. The Balaban J connectivity index is 2.36. The first-order valence-corrected chi connectivity index (χ1v) is 13.4. The summed E-state index contributed by atoms with van der Waals surface area (Å²) in [6, 6.07) is 13.4. The number of nitrogens with zero attached hydrogens (tertiary/aromatic N) is 1. The molecular formula is C32H47NO3. The van der Waals surface area contributed by atoms with Crippen molar-refractivity contribution in [1.82, 2.24) is 4.90 Å². The lowest BCUT2D eigenvalue weighted by atomic mass is 9.69. The van der Waals surface area contributed by atoms with Gasteiger partial charge in [-0.1, -0.05) is 71.0 Å². The molecule has 0 radical (unpaired) electrons. The Bertz CT molecular complexity index is 1060. The van der Waals surface area contributed by atoms with E-state index in [-0.39, 0.29) is 35.2 Å². The number of aliphatic hydroxyl groups is 1. The van der Waals surface area contributed by atoms with Gasteiger partial charge in [-0.15, -0.1) is 0 Å². The highest BCUT2D eigenvalue weighted by Crippen LogP contribution is 2.40. The van der Waals surface area contributed by atoms with E-state index in [4.69, 9.17) is 0 Å². The van der Waals surface area contributed by atoms with Crippen molar-refractivity contribution in [3.63, 3.8) is 0 Å². The first kappa shape index (κ1) is 29.8. The van der Waals surface area contributed by atoms with Gasteiger partial charge in [-0.25, -0.2) is 0 Å². The lowest BCUT2D eigenvalue weighted by Crippen LogP contribution is -2.33. The highest BCUT2D eigenvalue weighted by Gasteiger charge is 2.31. The van der Waals surface area contributed by atoms with Crippen LogP contribution < -0.4 is 0 Å². The van der Waals surface area contributed by atoms with E-state index in [0.29, 0.717) is 6.54 Å². The van der Waals surface area contributed by atoms with Crippen LogP contribution >= 0.6 is 0 Å². The van der Waals surface area contributed by atoms with E-state index >= 15 is 0 Å². The van der Waals surface area contributed by atoms with Gasteiger partial charge in [0, 0.05) is 18.9 Å². The Morgan fingerprint density at radius 3 is 1.78 bits per heavy atom. The first-order chi connectivity index (χ1) is 16.7. The van der Waals surface area contributed by atoms with Gasteiger partial charge in [0.25, 0.3) is 0 Å². The number of hydrogen-bond donors (Lipinski definition) is 1. The highest BCUT2D eigenvalue weighted by molar-refractivity contribution is 5.83. The number of benzene rings is 2. The maximum absolute atomic E-state index is 12.1. The molecule has 1 amide bonds. The van der Waals surface area contributed by atoms with E-state index in [9.17, 15) is 14.7 Å². The van der Waals surface area contributed by atoms with Gasteiger partial charge in [-0.3, -0.25) is 9.59 Å². The molecule has 198 valence electrons. The third-order valence-electron chi connectivity index (χ3n) is 7.90. The predicted octanol–water partition coefficient (Wildman–Crippen LogP) is 6.69. The first-order valence-electron chi connectivity index (χ1n) is 13.4. The fraction of sp³-hybridized carbons (Fsp3) is 0.562. The molecule has 4 nitrogen and oxygen atoms in total. The zero-order valence-corrected chi connectivity index (χ0v) is 24.0. The molecule has 2 aromatic carbocycles. The number of aryl methyl sites for hydroxylation is 3. The summed E-state index contributed by atoms with van der Waals surface area (Å²) in [5.74, 6) is -0.0992. The number of amides is 1. The standard InChI is InChI=1S/C32H47NO3/c1-10-32(11-2,28-15-12-26(22(3)18-28)14-17-30(36)31(7,8)9)29-16-13-27(23(4)19-29)21-33(25(6)35)20-24(5)34/h12-13,15-16,18-19,30,36H,10-11,14,17,20-21H2,1-9H3. The van der Waals surface area contributed by atoms with Crippen molar-refractivity contribution in [2.75, 3.05) is 6.54 Å². The summed E-state index contributed by atoms with van der Waals surface area (Å²) in [5.41, 5.74) is 7.17. The van der Waals surface area contributed by atoms with Gasteiger partial charge in [0.15, 0.2) is 0 Å². The fourth-order valence-corrected chi connectivity index (χ4v) is 5.16. The lowest BCUT2D eigenvalue weighted by molar-refractivity contribution is -0.133. The van der Waals surface area contributed by atoms with Crippen LogP contribution in [0.4, 0.5) is 0 Å². The van der Waals surface area contributed by atoms with Crippen molar-refractivity contribution in [3.05, 3.63) is 69.8 Å². The third-order valence-corrected chi connectivity index (χ3v) is 7.90. The number of ketones is 1. The molecule has 1 atom stereocenters. The Kier molecular flexibility index (Phi) is 10.1. The third kappa shape index (κ3) is 7.06. The Labute approximate surface area is 219 Å². The molecule has 0 saturated carbocycles. The van der Waals surface area contributed by atoms with Crippen molar-refractivity contribution in [3.8, 4) is 0 Å². The number of carbonyl (C=O) groups is 2. The molecular weight excluding hydrogens is 446 g/mol. The topological polar surface area (TPSA) is 57.6 Å². The summed E-state index contributed by atoms with van der Waals surface area (Å²) in [4.78, 5) is 25.3. The second-order valence-corrected chi connectivity index (χ2v) is 11.6. The van der Waals surface area contributed by atoms with Crippen molar-refractivity contribution in [1.29, 1.82) is 0 Å². The summed E-state index contributed by atoms with van der Waals surface area (Å²) in [5, 5.41) is 10.5. The van der Waals surface area contributed by atoms with Crippen LogP contribution in [-0.4, -0.2) is 34.3 Å². The van der Waals surface area contributed by atoms with Crippen molar-refractivity contribution in [2.45, 2.75) is 106 Å². The minimum Gasteiger partial charge on any atom is -0.393 e. The molecule has 0 heterocycles. The molecule has 0 aliphatic heterocycles. The van der Waals surface area contributed by atoms with Crippen molar-refractivity contribution in [2.24, 2.45) is 5.41 Å². The monoisotopic (exact) mass is 493 g/mol. The second-order valence-electron chi connectivity index (χ2n) is 11.6. The Morgan fingerprint density at radius 2 is 1.39 bits per heavy atom. The summed E-state index contributed by atoms with van der Waals surface area (Å²) in [6.07, 6.45) is 3.27. The van der Waals surface area contributed by atoms with Gasteiger partial charge in [-0.2, -0.15) is 0 Å². The highest BCUT2D eigenvalue weighted by atomic mass is 16.3. The van der Waals surface area contributed by atoms with Crippen LogP contribution in [0.3, 0.4) is 0 Å². The molecule has 0 saturated heterocycles. The molecule has 1 N–H and O–H groups in total. The average Bonchev–Trinajstić information content (AvgIpc) is 2.79. The quantitative estimate of drug-likeness (QED) is 0.379. The fourth-order valence-electron chi connectivity index (χ4n) is 5.16. The lowest BCUT2D eigenvalue weighted by Gasteiger charge is -2.34. The number of Topliss-reactive ketones (excluding diaryl/α,β-unsaturated/α-hetero) is 1. The molecule has 4 heteroatoms. The zero-order chi connectivity index (χ0) is 27.3. The number of aliphatic hydroxyl groups excluding tert-OH is 1. The van der Waals surface area contributed by atoms with Crippen LogP contribution in [0, 0.1) is 19.3 Å². The summed E-state index contributed by atoms with van der Waals surface area (Å²) >= 11 is 0. The molecule has 0 aliphatic carbocycles. The average molecular weight is 494 g/mol. The van der Waals surface area contributed by atoms with Gasteiger partial charge >= 0.3 is 0 Å². The van der Waals surface area contributed by atoms with Gasteiger partial charge < -0.3 is 10.0 Å². The van der Waals surface area contributed by atoms with Gasteiger partial charge in [0.2, 0.25) is 5.91 Å². The molecule has 0 aromatic heterocycles. The largest absolute Gasteiger partial charge is 0.393 e. The van der Waals surface area contributed by atoms with Crippen LogP contribution in [0.25, 0.3) is 0 Å². The van der Waals surface area contributed by atoms with Crippen LogP contribution in [0.15, 0.2) is 36.4 Å². The summed E-state index contributed by atoms with van der Waals surface area (Å²) < 4.78 is 0. The Hall–Kier alpha value is -2.46. The molecule has 36 heavy (non-hydrogen) atoms. The van der Waals surface area contributed by atoms with E-state index in [1.54, 1.807) is 4.90 Å². The zero-order valence-electron chi connectivity index (χ0n) is 24.0.